The maximum Gasteiger partial charge on any atom is 0.263 e. The highest BCUT2D eigenvalue weighted by Crippen LogP contribution is 2.20. The zero-order valence-corrected chi connectivity index (χ0v) is 6.10. The molecule has 1 aromatic rings. The smallest absolute Gasteiger partial charge is 0.263 e. The van der Waals surface area contributed by atoms with Crippen molar-refractivity contribution in [3.8, 4) is 0 Å². The zero-order chi connectivity index (χ0) is 9.14. The van der Waals surface area contributed by atoms with Crippen LogP contribution in [0.2, 0.25) is 0 Å². The second-order valence-electron chi connectivity index (χ2n) is 2.31. The average Bonchev–Trinajstić information content (AvgIpc) is 2.04. The topological polar surface area (TPSA) is 20.2 Å². The molecular formula is C8H7F3O. The summed E-state index contributed by atoms with van der Waals surface area (Å²) in [5, 5.41) is 8.52. The fourth-order valence-corrected chi connectivity index (χ4v) is 0.828. The molecule has 0 unspecified atom stereocenters. The Balaban J connectivity index is 3.02. The third-order valence-corrected chi connectivity index (χ3v) is 1.50. The maximum atomic E-state index is 12.7. The van der Waals surface area contributed by atoms with Crippen LogP contribution < -0.4 is 0 Å². The molecular weight excluding hydrogens is 169 g/mol. The van der Waals surface area contributed by atoms with Crippen molar-refractivity contribution < 1.29 is 18.3 Å². The van der Waals surface area contributed by atoms with E-state index < -0.39 is 18.8 Å². The molecule has 0 fully saturated rings. The summed E-state index contributed by atoms with van der Waals surface area (Å²) in [6.07, 6.45) is -2.67. The Morgan fingerprint density at radius 1 is 1.33 bits per heavy atom. The van der Waals surface area contributed by atoms with Gasteiger partial charge in [-0.15, -0.1) is 0 Å². The summed E-state index contributed by atoms with van der Waals surface area (Å²) in [5.41, 5.74) is -0.343. The number of aliphatic hydroxyl groups excluding tert-OH is 1. The Morgan fingerprint density at radius 2 is 2.00 bits per heavy atom. The van der Waals surface area contributed by atoms with Gasteiger partial charge in [-0.3, -0.25) is 0 Å². The van der Waals surface area contributed by atoms with E-state index in [-0.39, 0.29) is 11.1 Å². The van der Waals surface area contributed by atoms with Crippen LogP contribution in [0.25, 0.3) is 0 Å². The van der Waals surface area contributed by atoms with Gasteiger partial charge in [0, 0.05) is 11.1 Å². The van der Waals surface area contributed by atoms with Crippen LogP contribution in [0.3, 0.4) is 0 Å². The lowest BCUT2D eigenvalue weighted by atomic mass is 10.1. The molecule has 0 radical (unpaired) electrons. The fourth-order valence-electron chi connectivity index (χ4n) is 0.828. The standard InChI is InChI=1S/C8H7F3O/c9-7-3-5(8(10)11)1-2-6(7)4-12/h1-3,8,12H,4H2. The van der Waals surface area contributed by atoms with Crippen LogP contribution >= 0.6 is 0 Å². The molecule has 0 saturated heterocycles. The molecule has 1 aromatic carbocycles. The molecule has 0 aliphatic heterocycles. The van der Waals surface area contributed by atoms with Gasteiger partial charge in [-0.1, -0.05) is 12.1 Å². The van der Waals surface area contributed by atoms with Crippen LogP contribution in [-0.4, -0.2) is 5.11 Å². The molecule has 0 bridgehead atoms. The van der Waals surface area contributed by atoms with E-state index >= 15 is 0 Å². The monoisotopic (exact) mass is 176 g/mol. The van der Waals surface area contributed by atoms with E-state index in [4.69, 9.17) is 5.11 Å². The molecule has 0 saturated carbocycles. The fraction of sp³-hybridized carbons (Fsp3) is 0.250. The SMILES string of the molecule is OCc1ccc(C(F)F)cc1F. The minimum atomic E-state index is -2.67. The Labute approximate surface area is 67.5 Å². The van der Waals surface area contributed by atoms with Crippen molar-refractivity contribution in [2.75, 3.05) is 0 Å². The molecule has 1 rings (SSSR count). The summed E-state index contributed by atoms with van der Waals surface area (Å²) in [6.45, 7) is -0.477. The molecule has 0 amide bonds. The van der Waals surface area contributed by atoms with Crippen LogP contribution in [0.15, 0.2) is 18.2 Å². The molecule has 1 N–H and O–H groups in total. The first-order chi connectivity index (χ1) is 5.65. The third kappa shape index (κ3) is 1.76. The molecule has 0 spiro atoms. The van der Waals surface area contributed by atoms with Crippen LogP contribution in [-0.2, 0) is 6.61 Å². The molecule has 4 heteroatoms. The van der Waals surface area contributed by atoms with E-state index in [0.29, 0.717) is 0 Å². The quantitative estimate of drug-likeness (QED) is 0.732. The van der Waals surface area contributed by atoms with Gasteiger partial charge in [-0.25, -0.2) is 13.2 Å². The van der Waals surface area contributed by atoms with Gasteiger partial charge < -0.3 is 5.11 Å². The van der Waals surface area contributed by atoms with Gasteiger partial charge >= 0.3 is 0 Å². The van der Waals surface area contributed by atoms with Gasteiger partial charge in [0.05, 0.1) is 6.61 Å². The predicted octanol–water partition coefficient (Wildman–Crippen LogP) is 2.26. The maximum absolute atomic E-state index is 12.7. The summed E-state index contributed by atoms with van der Waals surface area (Å²) in [6, 6.07) is 2.98. The number of alkyl halides is 2. The lowest BCUT2D eigenvalue weighted by Gasteiger charge is -2.02. The molecule has 66 valence electrons. The largest absolute Gasteiger partial charge is 0.392 e. The number of hydrogen-bond donors (Lipinski definition) is 1. The van der Waals surface area contributed by atoms with E-state index in [1.165, 1.54) is 0 Å². The molecule has 0 atom stereocenters. The molecule has 0 aromatic heterocycles. The van der Waals surface area contributed by atoms with Crippen molar-refractivity contribution in [2.45, 2.75) is 13.0 Å². The van der Waals surface area contributed by atoms with Gasteiger partial charge in [0.25, 0.3) is 6.43 Å². The van der Waals surface area contributed by atoms with Crippen molar-refractivity contribution in [2.24, 2.45) is 0 Å². The van der Waals surface area contributed by atoms with Gasteiger partial charge in [0.15, 0.2) is 0 Å². The predicted molar refractivity (Wildman–Crippen MR) is 37.3 cm³/mol. The van der Waals surface area contributed by atoms with Gasteiger partial charge in [-0.2, -0.15) is 0 Å². The van der Waals surface area contributed by atoms with Crippen molar-refractivity contribution >= 4 is 0 Å². The highest BCUT2D eigenvalue weighted by atomic mass is 19.3. The van der Waals surface area contributed by atoms with E-state index in [9.17, 15) is 13.2 Å². The lowest BCUT2D eigenvalue weighted by Crippen LogP contribution is -1.92. The minimum absolute atomic E-state index is 0.0272. The number of benzene rings is 1. The van der Waals surface area contributed by atoms with Crippen molar-refractivity contribution in [3.63, 3.8) is 0 Å². The number of aliphatic hydroxyl groups is 1. The molecule has 1 nitrogen and oxygen atoms in total. The first-order valence-corrected chi connectivity index (χ1v) is 3.32. The number of rotatable bonds is 2. The van der Waals surface area contributed by atoms with E-state index in [0.717, 1.165) is 18.2 Å². The van der Waals surface area contributed by atoms with E-state index in [1.807, 2.05) is 0 Å². The molecule has 0 heterocycles. The van der Waals surface area contributed by atoms with Crippen LogP contribution in [0.1, 0.15) is 17.6 Å². The minimum Gasteiger partial charge on any atom is -0.392 e. The van der Waals surface area contributed by atoms with Gasteiger partial charge in [0.2, 0.25) is 0 Å². The lowest BCUT2D eigenvalue weighted by molar-refractivity contribution is 0.150. The zero-order valence-electron chi connectivity index (χ0n) is 6.10. The van der Waals surface area contributed by atoms with Crippen LogP contribution in [0.5, 0.6) is 0 Å². The Kier molecular flexibility index (Phi) is 2.70. The Hall–Kier alpha value is -1.03. The summed E-state index contributed by atoms with van der Waals surface area (Å²) in [5.74, 6) is -0.796. The second kappa shape index (κ2) is 3.58. The summed E-state index contributed by atoms with van der Waals surface area (Å²) in [4.78, 5) is 0. The van der Waals surface area contributed by atoms with Crippen molar-refractivity contribution in [1.82, 2.24) is 0 Å². The highest BCUT2D eigenvalue weighted by molar-refractivity contribution is 5.24. The average molecular weight is 176 g/mol. The van der Waals surface area contributed by atoms with Gasteiger partial charge in [0.1, 0.15) is 5.82 Å². The van der Waals surface area contributed by atoms with E-state index in [2.05, 4.69) is 0 Å². The van der Waals surface area contributed by atoms with Gasteiger partial charge in [-0.05, 0) is 6.07 Å². The number of halogens is 3. The first kappa shape index (κ1) is 9.06. The molecule has 0 aliphatic rings. The number of hydrogen-bond acceptors (Lipinski definition) is 1. The molecule has 0 aliphatic carbocycles. The van der Waals surface area contributed by atoms with Crippen molar-refractivity contribution in [1.29, 1.82) is 0 Å². The van der Waals surface area contributed by atoms with Crippen LogP contribution in [0.4, 0.5) is 13.2 Å². The normalized spacial score (nSPS) is 10.8. The first-order valence-electron chi connectivity index (χ1n) is 3.32. The van der Waals surface area contributed by atoms with Crippen LogP contribution in [0, 0.1) is 5.82 Å². The summed E-state index contributed by atoms with van der Waals surface area (Å²) in [7, 11) is 0. The van der Waals surface area contributed by atoms with Crippen molar-refractivity contribution in [3.05, 3.63) is 35.1 Å². The Bertz CT molecular complexity index is 273. The second-order valence-corrected chi connectivity index (χ2v) is 2.31. The molecule has 12 heavy (non-hydrogen) atoms. The Morgan fingerprint density at radius 3 is 2.42 bits per heavy atom. The van der Waals surface area contributed by atoms with E-state index in [1.54, 1.807) is 0 Å². The highest BCUT2D eigenvalue weighted by Gasteiger charge is 2.09. The summed E-state index contributed by atoms with van der Waals surface area (Å²) >= 11 is 0. The summed E-state index contributed by atoms with van der Waals surface area (Å²) < 4.78 is 36.6. The third-order valence-electron chi connectivity index (χ3n) is 1.50.